The van der Waals surface area contributed by atoms with Crippen LogP contribution in [-0.4, -0.2) is 15.1 Å². The van der Waals surface area contributed by atoms with Crippen molar-refractivity contribution in [3.8, 4) is 22.9 Å². The van der Waals surface area contributed by atoms with Crippen LogP contribution in [-0.2, 0) is 19.0 Å². The molecule has 3 aromatic rings. The van der Waals surface area contributed by atoms with E-state index in [1.54, 1.807) is 0 Å². The molecule has 0 spiro atoms. The third-order valence-electron chi connectivity index (χ3n) is 3.91. The van der Waals surface area contributed by atoms with Gasteiger partial charge in [0, 0.05) is 29.0 Å². The van der Waals surface area contributed by atoms with Gasteiger partial charge in [0.15, 0.2) is 0 Å². The van der Waals surface area contributed by atoms with Crippen LogP contribution in [0.1, 0.15) is 16.7 Å². The van der Waals surface area contributed by atoms with E-state index in [2.05, 4.69) is 9.97 Å². The number of H-pyrrole nitrogens is 1. The van der Waals surface area contributed by atoms with Gasteiger partial charge in [-0.25, -0.2) is 4.98 Å². The molecule has 0 aliphatic heterocycles. The molecule has 2 aromatic heterocycles. The van der Waals surface area contributed by atoms with Gasteiger partial charge in [0.2, 0.25) is 5.88 Å². The first kappa shape index (κ1) is 20.8. The Hall–Kier alpha value is -2.88. The minimum absolute atomic E-state index is 0.000316. The molecule has 0 saturated carbocycles. The number of halogens is 7. The van der Waals surface area contributed by atoms with E-state index in [0.29, 0.717) is 0 Å². The highest BCUT2D eigenvalue weighted by Crippen LogP contribution is 2.36. The standard InChI is InChI=1S/C18H11ClF6N2O2/c19-13-3-10(17(20,21)22)2-1-9(13)8-29-16-5-15(28)12(7-27-16)14-4-11(6-26-14)18(23,24)25/h1-7,26H,8H2,(H,27,28). The first-order valence-electron chi connectivity index (χ1n) is 7.88. The summed E-state index contributed by atoms with van der Waals surface area (Å²) in [4.78, 5) is 6.28. The first-order valence-corrected chi connectivity index (χ1v) is 8.26. The maximum atomic E-state index is 12.7. The molecule has 0 bridgehead atoms. The van der Waals surface area contributed by atoms with Crippen LogP contribution in [0.2, 0.25) is 5.02 Å². The van der Waals surface area contributed by atoms with Gasteiger partial charge < -0.3 is 14.8 Å². The van der Waals surface area contributed by atoms with Gasteiger partial charge in [-0.15, -0.1) is 0 Å². The monoisotopic (exact) mass is 436 g/mol. The molecule has 3 rings (SSSR count). The van der Waals surface area contributed by atoms with Crippen molar-refractivity contribution in [1.82, 2.24) is 9.97 Å². The third kappa shape index (κ3) is 4.76. The molecule has 2 N–H and O–H groups in total. The van der Waals surface area contributed by atoms with E-state index in [-0.39, 0.29) is 34.3 Å². The van der Waals surface area contributed by atoms with Crippen LogP contribution in [0.3, 0.4) is 0 Å². The van der Waals surface area contributed by atoms with Crippen molar-refractivity contribution in [2.45, 2.75) is 19.0 Å². The Labute approximate surface area is 164 Å². The van der Waals surface area contributed by atoms with E-state index in [9.17, 15) is 31.4 Å². The summed E-state index contributed by atoms with van der Waals surface area (Å²) in [5.74, 6) is -0.492. The van der Waals surface area contributed by atoms with Crippen molar-refractivity contribution < 1.29 is 36.2 Å². The summed E-state index contributed by atoms with van der Waals surface area (Å²) < 4.78 is 81.3. The number of pyridine rings is 1. The number of nitrogens with one attached hydrogen (secondary N) is 1. The van der Waals surface area contributed by atoms with E-state index in [0.717, 1.165) is 42.7 Å². The second-order valence-corrected chi connectivity index (χ2v) is 6.34. The van der Waals surface area contributed by atoms with Crippen molar-refractivity contribution in [2.75, 3.05) is 0 Å². The molecular weight excluding hydrogens is 426 g/mol. The van der Waals surface area contributed by atoms with Crippen molar-refractivity contribution in [3.63, 3.8) is 0 Å². The molecule has 29 heavy (non-hydrogen) atoms. The molecule has 0 aliphatic carbocycles. The zero-order valence-electron chi connectivity index (χ0n) is 14.2. The lowest BCUT2D eigenvalue weighted by molar-refractivity contribution is -0.138. The molecule has 0 aliphatic rings. The maximum absolute atomic E-state index is 12.7. The summed E-state index contributed by atoms with van der Waals surface area (Å²) in [6.07, 6.45) is -7.21. The highest BCUT2D eigenvalue weighted by Gasteiger charge is 2.32. The van der Waals surface area contributed by atoms with Gasteiger partial charge in [0.05, 0.1) is 22.4 Å². The number of hydrogen-bond acceptors (Lipinski definition) is 3. The summed E-state index contributed by atoms with van der Waals surface area (Å²) in [6, 6.07) is 4.65. The Morgan fingerprint density at radius 2 is 1.69 bits per heavy atom. The number of benzene rings is 1. The SMILES string of the molecule is Oc1cc(OCc2ccc(C(F)(F)F)cc2Cl)ncc1-c1cc(C(F)(F)F)c[nH]1. The molecule has 2 heterocycles. The molecule has 0 unspecified atom stereocenters. The van der Waals surface area contributed by atoms with Crippen LogP contribution in [0.4, 0.5) is 26.3 Å². The molecule has 11 heteroatoms. The van der Waals surface area contributed by atoms with Gasteiger partial charge in [-0.2, -0.15) is 26.3 Å². The summed E-state index contributed by atoms with van der Waals surface area (Å²) in [5.41, 5.74) is -1.55. The minimum atomic E-state index is -4.54. The van der Waals surface area contributed by atoms with Crippen molar-refractivity contribution in [1.29, 1.82) is 0 Å². The summed E-state index contributed by atoms with van der Waals surface area (Å²) >= 11 is 5.83. The smallest absolute Gasteiger partial charge is 0.417 e. The van der Waals surface area contributed by atoms with E-state index in [1.165, 1.54) is 0 Å². The lowest BCUT2D eigenvalue weighted by Crippen LogP contribution is -2.06. The summed E-state index contributed by atoms with van der Waals surface area (Å²) in [6.45, 7) is -0.233. The zero-order valence-corrected chi connectivity index (χ0v) is 15.0. The third-order valence-corrected chi connectivity index (χ3v) is 4.27. The number of hydrogen-bond donors (Lipinski definition) is 2. The second-order valence-electron chi connectivity index (χ2n) is 5.93. The number of aromatic hydroxyl groups is 1. The highest BCUT2D eigenvalue weighted by atomic mass is 35.5. The minimum Gasteiger partial charge on any atom is -0.507 e. The second kappa shape index (κ2) is 7.51. The van der Waals surface area contributed by atoms with Crippen molar-refractivity contribution in [2.24, 2.45) is 0 Å². The fraction of sp³-hybridized carbons (Fsp3) is 0.167. The topological polar surface area (TPSA) is 58.1 Å². The van der Waals surface area contributed by atoms with Crippen molar-refractivity contribution in [3.05, 3.63) is 64.4 Å². The average Bonchev–Trinajstić information content (AvgIpc) is 3.10. The van der Waals surface area contributed by atoms with Crippen LogP contribution < -0.4 is 4.74 Å². The fourth-order valence-electron chi connectivity index (χ4n) is 2.42. The summed E-state index contributed by atoms with van der Waals surface area (Å²) in [5, 5.41) is 9.90. The molecule has 0 radical (unpaired) electrons. The molecule has 1 aromatic carbocycles. The lowest BCUT2D eigenvalue weighted by Gasteiger charge is -2.11. The largest absolute Gasteiger partial charge is 0.507 e. The maximum Gasteiger partial charge on any atom is 0.417 e. The zero-order chi connectivity index (χ0) is 21.4. The Bertz CT molecular complexity index is 1030. The van der Waals surface area contributed by atoms with Crippen LogP contribution in [0, 0.1) is 0 Å². The van der Waals surface area contributed by atoms with E-state index in [1.807, 2.05) is 0 Å². The van der Waals surface area contributed by atoms with Gasteiger partial charge in [-0.05, 0) is 18.2 Å². The van der Waals surface area contributed by atoms with Crippen LogP contribution in [0.15, 0.2) is 42.7 Å². The predicted molar refractivity (Wildman–Crippen MR) is 91.5 cm³/mol. The Kier molecular flexibility index (Phi) is 5.40. The molecule has 0 fully saturated rings. The first-order chi connectivity index (χ1) is 13.4. The molecule has 4 nitrogen and oxygen atoms in total. The van der Waals surface area contributed by atoms with Crippen molar-refractivity contribution >= 4 is 11.6 Å². The van der Waals surface area contributed by atoms with E-state index in [4.69, 9.17) is 16.3 Å². The number of rotatable bonds is 4. The quantitative estimate of drug-likeness (QED) is 0.489. The van der Waals surface area contributed by atoms with Gasteiger partial charge in [0.25, 0.3) is 0 Å². The van der Waals surface area contributed by atoms with Crippen LogP contribution in [0.5, 0.6) is 11.6 Å². The Morgan fingerprint density at radius 1 is 1.00 bits per heavy atom. The summed E-state index contributed by atoms with van der Waals surface area (Å²) in [7, 11) is 0. The number of aromatic nitrogens is 2. The molecule has 0 saturated heterocycles. The molecule has 0 atom stereocenters. The van der Waals surface area contributed by atoms with Crippen LogP contribution in [0.25, 0.3) is 11.3 Å². The number of alkyl halides is 6. The van der Waals surface area contributed by atoms with Crippen LogP contribution >= 0.6 is 11.6 Å². The predicted octanol–water partition coefficient (Wildman–Crippen LogP) is 6.05. The normalized spacial score (nSPS) is 12.2. The lowest BCUT2D eigenvalue weighted by atomic mass is 10.1. The number of ether oxygens (including phenoxy) is 1. The molecular formula is C18H11ClF6N2O2. The van der Waals surface area contributed by atoms with E-state index >= 15 is 0 Å². The van der Waals surface area contributed by atoms with Gasteiger partial charge in [-0.1, -0.05) is 17.7 Å². The fourth-order valence-corrected chi connectivity index (χ4v) is 2.65. The van der Waals surface area contributed by atoms with Gasteiger partial charge >= 0.3 is 12.4 Å². The number of aromatic amines is 1. The van der Waals surface area contributed by atoms with Gasteiger partial charge in [-0.3, -0.25) is 0 Å². The Morgan fingerprint density at radius 3 is 2.24 bits per heavy atom. The number of nitrogens with zero attached hydrogens (tertiary/aromatic N) is 1. The van der Waals surface area contributed by atoms with E-state index < -0.39 is 29.2 Å². The van der Waals surface area contributed by atoms with Gasteiger partial charge in [0.1, 0.15) is 12.4 Å². The Balaban J connectivity index is 1.74. The molecule has 154 valence electrons. The average molecular weight is 437 g/mol. The highest BCUT2D eigenvalue weighted by molar-refractivity contribution is 6.31. The molecule has 0 amide bonds.